The highest BCUT2D eigenvalue weighted by Crippen LogP contribution is 2.31. The fourth-order valence-corrected chi connectivity index (χ4v) is 2.33. The molecule has 1 aliphatic rings. The lowest BCUT2D eigenvalue weighted by Crippen LogP contribution is -1.94. The molecule has 0 aliphatic carbocycles. The van der Waals surface area contributed by atoms with Crippen molar-refractivity contribution in [2.75, 3.05) is 0 Å². The fraction of sp³-hybridized carbons (Fsp3) is 0.611. The Hall–Kier alpha value is -1.35. The minimum atomic E-state index is -0.918. The summed E-state index contributed by atoms with van der Waals surface area (Å²) in [5.41, 5.74) is 0. The van der Waals surface area contributed by atoms with Gasteiger partial charge in [-0.15, -0.1) is 0 Å². The van der Waals surface area contributed by atoms with Crippen LogP contribution in [-0.2, 0) is 9.53 Å². The molecule has 1 saturated heterocycles. The molecule has 0 saturated carbocycles. The first-order valence-electron chi connectivity index (χ1n) is 8.12. The van der Waals surface area contributed by atoms with Gasteiger partial charge >= 0.3 is 5.97 Å². The van der Waals surface area contributed by atoms with Gasteiger partial charge in [-0.25, -0.2) is 4.79 Å². The minimum absolute atomic E-state index is 0.534. The molecule has 1 unspecified atom stereocenters. The Labute approximate surface area is 128 Å². The molecule has 1 fully saturated rings. The van der Waals surface area contributed by atoms with E-state index in [9.17, 15) is 4.79 Å². The number of unbranched alkanes of at least 4 members (excludes halogenated alkanes) is 4. The van der Waals surface area contributed by atoms with Gasteiger partial charge in [0.2, 0.25) is 0 Å². The first-order valence-corrected chi connectivity index (χ1v) is 8.12. The molecule has 118 valence electrons. The Morgan fingerprint density at radius 1 is 1.00 bits per heavy atom. The molecule has 0 spiro atoms. The highest BCUT2D eigenvalue weighted by molar-refractivity contribution is 5.80. The van der Waals surface area contributed by atoms with E-state index < -0.39 is 5.97 Å². The number of epoxide rings is 1. The van der Waals surface area contributed by atoms with Gasteiger partial charge in [0, 0.05) is 6.08 Å². The highest BCUT2D eigenvalue weighted by atomic mass is 16.6. The van der Waals surface area contributed by atoms with Gasteiger partial charge in [0.15, 0.2) is 0 Å². The number of hydrogen-bond donors (Lipinski definition) is 1. The van der Waals surface area contributed by atoms with Crippen LogP contribution in [0.3, 0.4) is 0 Å². The second-order valence-corrected chi connectivity index (χ2v) is 5.50. The maximum Gasteiger partial charge on any atom is 0.328 e. The summed E-state index contributed by atoms with van der Waals surface area (Å²) in [4.78, 5) is 10.2. The van der Waals surface area contributed by atoms with Crippen molar-refractivity contribution in [2.24, 2.45) is 0 Å². The van der Waals surface area contributed by atoms with Crippen LogP contribution >= 0.6 is 0 Å². The summed E-state index contributed by atoms with van der Waals surface area (Å²) in [6.45, 7) is 2.23. The molecule has 0 aromatic carbocycles. The highest BCUT2D eigenvalue weighted by Gasteiger charge is 2.36. The van der Waals surface area contributed by atoms with Crippen LogP contribution in [0.25, 0.3) is 0 Å². The summed E-state index contributed by atoms with van der Waals surface area (Å²) in [5, 5.41) is 8.39. The third-order valence-electron chi connectivity index (χ3n) is 3.60. The zero-order valence-corrected chi connectivity index (χ0v) is 13.0. The topological polar surface area (TPSA) is 49.8 Å². The summed E-state index contributed by atoms with van der Waals surface area (Å²) >= 11 is 0. The monoisotopic (exact) mass is 292 g/mol. The van der Waals surface area contributed by atoms with Crippen LogP contribution in [0.5, 0.6) is 0 Å². The third kappa shape index (κ3) is 10.1. The van der Waals surface area contributed by atoms with E-state index in [0.29, 0.717) is 12.2 Å². The Morgan fingerprint density at radius 3 is 2.33 bits per heavy atom. The number of carboxylic acids is 1. The van der Waals surface area contributed by atoms with E-state index in [-0.39, 0.29) is 0 Å². The van der Waals surface area contributed by atoms with Gasteiger partial charge in [0.05, 0.1) is 12.2 Å². The summed E-state index contributed by atoms with van der Waals surface area (Å²) < 4.78 is 5.67. The summed E-state index contributed by atoms with van der Waals surface area (Å²) in [6.07, 6.45) is 21.2. The number of ether oxygens (including phenoxy) is 1. The first-order chi connectivity index (χ1) is 10.2. The van der Waals surface area contributed by atoms with E-state index >= 15 is 0 Å². The standard InChI is InChI=1S/C18H28O3/c1-2-3-10-13-16-17(21-16)14-11-8-6-4-5-7-9-12-15-18(19)20/h4-5,7,9,12,15-17H,2-3,6,8,10-11,13-14H2,1H3,(H,19,20)/t16-,17?/m0/s1. The van der Waals surface area contributed by atoms with Crippen molar-refractivity contribution in [3.05, 3.63) is 36.5 Å². The molecule has 3 heteroatoms. The number of allylic oxidation sites excluding steroid dienone is 5. The van der Waals surface area contributed by atoms with Crippen molar-refractivity contribution in [2.45, 2.75) is 70.5 Å². The van der Waals surface area contributed by atoms with E-state index in [1.165, 1.54) is 51.0 Å². The average molecular weight is 292 g/mol. The molecule has 0 aromatic rings. The SMILES string of the molecule is CCCCC[C@@H]1OC1CCCCC=CC=CC=CC(=O)O. The lowest BCUT2D eigenvalue weighted by molar-refractivity contribution is -0.131. The number of rotatable bonds is 12. The molecule has 0 amide bonds. The van der Waals surface area contributed by atoms with E-state index in [1.807, 2.05) is 12.2 Å². The molecule has 1 aliphatic heterocycles. The predicted molar refractivity (Wildman–Crippen MR) is 86.3 cm³/mol. The van der Waals surface area contributed by atoms with Crippen LogP contribution in [0.2, 0.25) is 0 Å². The van der Waals surface area contributed by atoms with Crippen LogP contribution in [0.4, 0.5) is 0 Å². The molecular weight excluding hydrogens is 264 g/mol. The molecular formula is C18H28O3. The fourth-order valence-electron chi connectivity index (χ4n) is 2.33. The van der Waals surface area contributed by atoms with Crippen molar-refractivity contribution in [3.63, 3.8) is 0 Å². The number of carbonyl (C=O) groups is 1. The van der Waals surface area contributed by atoms with Gasteiger partial charge in [0.25, 0.3) is 0 Å². The second kappa shape index (κ2) is 11.3. The molecule has 3 nitrogen and oxygen atoms in total. The van der Waals surface area contributed by atoms with Gasteiger partial charge in [-0.05, 0) is 25.7 Å². The van der Waals surface area contributed by atoms with Crippen molar-refractivity contribution >= 4 is 5.97 Å². The smallest absolute Gasteiger partial charge is 0.328 e. The molecule has 2 atom stereocenters. The zero-order chi connectivity index (χ0) is 15.3. The van der Waals surface area contributed by atoms with Crippen molar-refractivity contribution < 1.29 is 14.6 Å². The maximum absolute atomic E-state index is 10.2. The lowest BCUT2D eigenvalue weighted by Gasteiger charge is -1.96. The van der Waals surface area contributed by atoms with Crippen LogP contribution < -0.4 is 0 Å². The first kappa shape index (κ1) is 17.7. The average Bonchev–Trinajstić information content (AvgIpc) is 3.19. The lowest BCUT2D eigenvalue weighted by atomic mass is 10.1. The normalized spacial score (nSPS) is 21.8. The molecule has 0 aromatic heterocycles. The Balaban J connectivity index is 1.90. The molecule has 0 bridgehead atoms. The van der Waals surface area contributed by atoms with E-state index in [1.54, 1.807) is 6.08 Å². The van der Waals surface area contributed by atoms with Gasteiger partial charge < -0.3 is 9.84 Å². The van der Waals surface area contributed by atoms with Crippen molar-refractivity contribution in [1.29, 1.82) is 0 Å². The molecule has 21 heavy (non-hydrogen) atoms. The maximum atomic E-state index is 10.2. The number of hydrogen-bond acceptors (Lipinski definition) is 2. The van der Waals surface area contributed by atoms with Crippen LogP contribution in [-0.4, -0.2) is 23.3 Å². The zero-order valence-electron chi connectivity index (χ0n) is 13.0. The molecule has 0 radical (unpaired) electrons. The summed E-state index contributed by atoms with van der Waals surface area (Å²) in [7, 11) is 0. The minimum Gasteiger partial charge on any atom is -0.478 e. The van der Waals surface area contributed by atoms with Gasteiger partial charge in [-0.1, -0.05) is 63.0 Å². The second-order valence-electron chi connectivity index (χ2n) is 5.50. The quantitative estimate of drug-likeness (QED) is 0.246. The predicted octanol–water partition coefficient (Wildman–Crippen LogP) is 4.65. The molecule has 1 heterocycles. The van der Waals surface area contributed by atoms with Gasteiger partial charge in [-0.3, -0.25) is 0 Å². The van der Waals surface area contributed by atoms with Gasteiger partial charge in [0.1, 0.15) is 0 Å². The van der Waals surface area contributed by atoms with Crippen LogP contribution in [0.15, 0.2) is 36.5 Å². The van der Waals surface area contributed by atoms with E-state index in [4.69, 9.17) is 9.84 Å². The summed E-state index contributed by atoms with van der Waals surface area (Å²) in [5.74, 6) is -0.918. The number of carboxylic acid groups (broad SMARTS) is 1. The molecule has 1 N–H and O–H groups in total. The Morgan fingerprint density at radius 2 is 1.67 bits per heavy atom. The Kier molecular flexibility index (Phi) is 9.55. The Bertz CT molecular complexity index is 369. The van der Waals surface area contributed by atoms with Crippen LogP contribution in [0.1, 0.15) is 58.3 Å². The van der Waals surface area contributed by atoms with Crippen molar-refractivity contribution in [3.8, 4) is 0 Å². The van der Waals surface area contributed by atoms with Gasteiger partial charge in [-0.2, -0.15) is 0 Å². The third-order valence-corrected chi connectivity index (χ3v) is 3.60. The van der Waals surface area contributed by atoms with E-state index in [2.05, 4.69) is 13.0 Å². The summed E-state index contributed by atoms with van der Waals surface area (Å²) in [6, 6.07) is 0. The number of aliphatic carboxylic acids is 1. The van der Waals surface area contributed by atoms with Crippen LogP contribution in [0, 0.1) is 0 Å². The van der Waals surface area contributed by atoms with E-state index in [0.717, 1.165) is 12.5 Å². The molecule has 1 rings (SSSR count). The van der Waals surface area contributed by atoms with Crippen molar-refractivity contribution in [1.82, 2.24) is 0 Å². The largest absolute Gasteiger partial charge is 0.478 e.